The van der Waals surface area contributed by atoms with Gasteiger partial charge in [0.15, 0.2) is 5.17 Å². The molecule has 5 rings (SSSR count). The number of carbonyl (C=O) groups excluding carboxylic acids is 1. The molecule has 0 saturated carbocycles. The summed E-state index contributed by atoms with van der Waals surface area (Å²) in [6, 6.07) is 27.0. The van der Waals surface area contributed by atoms with Crippen molar-refractivity contribution in [3.05, 3.63) is 94.9 Å². The van der Waals surface area contributed by atoms with Gasteiger partial charge >= 0.3 is 0 Å². The van der Waals surface area contributed by atoms with E-state index >= 15 is 0 Å². The van der Waals surface area contributed by atoms with E-state index in [2.05, 4.69) is 43.3 Å². The van der Waals surface area contributed by atoms with E-state index in [1.165, 1.54) is 28.1 Å². The highest BCUT2D eigenvalue weighted by Gasteiger charge is 2.30. The van der Waals surface area contributed by atoms with E-state index in [9.17, 15) is 4.79 Å². The third-order valence-electron chi connectivity index (χ3n) is 5.68. The SMILES string of the molecule is CCc1ccccc1N=C1S/C(=C/c2c3ccccc3cc3ccccc23)C(=O)N1C. The van der Waals surface area contributed by atoms with E-state index in [1.54, 1.807) is 11.9 Å². The molecule has 4 heteroatoms. The molecule has 1 fully saturated rings. The van der Waals surface area contributed by atoms with Gasteiger partial charge in [0.1, 0.15) is 0 Å². The minimum Gasteiger partial charge on any atom is -0.290 e. The van der Waals surface area contributed by atoms with Gasteiger partial charge in [-0.25, -0.2) is 4.99 Å². The summed E-state index contributed by atoms with van der Waals surface area (Å²) in [7, 11) is 1.80. The fourth-order valence-electron chi connectivity index (χ4n) is 4.01. The molecule has 0 aliphatic carbocycles. The first-order chi connectivity index (χ1) is 15.2. The molecular formula is C27H22N2OS. The molecule has 0 atom stereocenters. The molecule has 0 aromatic heterocycles. The molecule has 0 bridgehead atoms. The molecule has 1 heterocycles. The van der Waals surface area contributed by atoms with Crippen LogP contribution in [0.25, 0.3) is 27.6 Å². The fourth-order valence-corrected chi connectivity index (χ4v) is 4.97. The summed E-state index contributed by atoms with van der Waals surface area (Å²) in [5, 5.41) is 5.34. The van der Waals surface area contributed by atoms with Crippen LogP contribution in [0.1, 0.15) is 18.1 Å². The number of benzene rings is 4. The van der Waals surface area contributed by atoms with Gasteiger partial charge in [0.2, 0.25) is 0 Å². The number of rotatable bonds is 3. The number of aryl methyl sites for hydroxylation is 1. The number of amides is 1. The van der Waals surface area contributed by atoms with Crippen LogP contribution in [0.4, 0.5) is 5.69 Å². The standard InChI is InChI=1S/C27H22N2OS/c1-3-18-10-6-9-15-24(18)28-27-29(2)26(30)25(31-27)17-23-21-13-7-4-11-19(21)16-20-12-5-8-14-22(20)23/h4-17H,3H2,1-2H3/b25-17+,28-27?. The van der Waals surface area contributed by atoms with Gasteiger partial charge in [0, 0.05) is 7.05 Å². The van der Waals surface area contributed by atoms with Gasteiger partial charge in [0.25, 0.3) is 5.91 Å². The first-order valence-electron chi connectivity index (χ1n) is 10.4. The normalized spacial score (nSPS) is 16.8. The number of aliphatic imine (C=N–C) groups is 1. The predicted molar refractivity (Wildman–Crippen MR) is 133 cm³/mol. The summed E-state index contributed by atoms with van der Waals surface area (Å²) in [5.74, 6) is -0.0188. The van der Waals surface area contributed by atoms with Crippen molar-refractivity contribution in [1.29, 1.82) is 0 Å². The molecule has 4 aromatic carbocycles. The smallest absolute Gasteiger partial charge is 0.266 e. The fraction of sp³-hybridized carbons (Fsp3) is 0.111. The zero-order valence-electron chi connectivity index (χ0n) is 17.5. The van der Waals surface area contributed by atoms with Crippen LogP contribution < -0.4 is 0 Å². The van der Waals surface area contributed by atoms with Gasteiger partial charge in [-0.15, -0.1) is 0 Å². The lowest BCUT2D eigenvalue weighted by atomic mass is 9.96. The zero-order valence-corrected chi connectivity index (χ0v) is 18.3. The Morgan fingerprint density at radius 2 is 1.52 bits per heavy atom. The lowest BCUT2D eigenvalue weighted by Crippen LogP contribution is -2.23. The van der Waals surface area contributed by atoms with Crippen LogP contribution in [0.15, 0.2) is 88.8 Å². The van der Waals surface area contributed by atoms with E-state index in [-0.39, 0.29) is 5.91 Å². The van der Waals surface area contributed by atoms with Crippen molar-refractivity contribution in [2.75, 3.05) is 7.05 Å². The van der Waals surface area contributed by atoms with E-state index < -0.39 is 0 Å². The van der Waals surface area contributed by atoms with E-state index in [0.29, 0.717) is 10.1 Å². The Labute approximate surface area is 186 Å². The zero-order chi connectivity index (χ0) is 21.4. The Kier molecular flexibility index (Phi) is 5.08. The van der Waals surface area contributed by atoms with Crippen molar-refractivity contribution in [3.8, 4) is 0 Å². The minimum atomic E-state index is -0.0188. The van der Waals surface area contributed by atoms with Crippen molar-refractivity contribution >= 4 is 56.1 Å². The number of hydrogen-bond donors (Lipinski definition) is 0. The number of likely N-dealkylation sites (N-methyl/N-ethyl adjacent to an activating group) is 1. The molecule has 1 saturated heterocycles. The van der Waals surface area contributed by atoms with E-state index in [4.69, 9.17) is 4.99 Å². The first kappa shape index (κ1) is 19.6. The molecule has 0 N–H and O–H groups in total. The maximum absolute atomic E-state index is 13.1. The van der Waals surface area contributed by atoms with Crippen molar-refractivity contribution in [2.24, 2.45) is 4.99 Å². The van der Waals surface area contributed by atoms with Crippen molar-refractivity contribution in [3.63, 3.8) is 0 Å². The number of amidine groups is 1. The third kappa shape index (κ3) is 3.53. The van der Waals surface area contributed by atoms with Gasteiger partial charge in [-0.05, 0) is 69.1 Å². The van der Waals surface area contributed by atoms with Gasteiger partial charge in [0.05, 0.1) is 10.6 Å². The monoisotopic (exact) mass is 422 g/mol. The molecule has 1 aliphatic rings. The maximum Gasteiger partial charge on any atom is 0.266 e. The van der Waals surface area contributed by atoms with Gasteiger partial charge in [-0.3, -0.25) is 9.69 Å². The number of nitrogens with zero attached hydrogens (tertiary/aromatic N) is 2. The van der Waals surface area contributed by atoms with Crippen LogP contribution in [0.3, 0.4) is 0 Å². The average molecular weight is 423 g/mol. The van der Waals surface area contributed by atoms with E-state index in [1.807, 2.05) is 48.5 Å². The van der Waals surface area contributed by atoms with E-state index in [0.717, 1.165) is 28.4 Å². The minimum absolute atomic E-state index is 0.0188. The summed E-state index contributed by atoms with van der Waals surface area (Å²) in [6.07, 6.45) is 2.93. The Morgan fingerprint density at radius 3 is 2.19 bits per heavy atom. The van der Waals surface area contributed by atoms with Gasteiger partial charge < -0.3 is 0 Å². The number of thioether (sulfide) groups is 1. The van der Waals surface area contributed by atoms with Crippen LogP contribution in [-0.4, -0.2) is 23.0 Å². The molecule has 0 spiro atoms. The summed E-state index contributed by atoms with van der Waals surface area (Å²) < 4.78 is 0. The van der Waals surface area contributed by atoms with Crippen molar-refractivity contribution in [2.45, 2.75) is 13.3 Å². The topological polar surface area (TPSA) is 32.7 Å². The van der Waals surface area contributed by atoms with Crippen LogP contribution in [-0.2, 0) is 11.2 Å². The number of hydrogen-bond acceptors (Lipinski definition) is 3. The van der Waals surface area contributed by atoms with Gasteiger partial charge in [-0.2, -0.15) is 0 Å². The molecule has 1 amide bonds. The second kappa shape index (κ2) is 8.05. The molecule has 0 unspecified atom stereocenters. The highest BCUT2D eigenvalue weighted by molar-refractivity contribution is 8.18. The van der Waals surface area contributed by atoms with Gasteiger partial charge in [-0.1, -0.05) is 73.7 Å². The second-order valence-corrected chi connectivity index (χ2v) is 8.59. The van der Waals surface area contributed by atoms with Crippen LogP contribution in [0.2, 0.25) is 0 Å². The molecule has 0 radical (unpaired) electrons. The molecule has 31 heavy (non-hydrogen) atoms. The van der Waals surface area contributed by atoms with Crippen molar-refractivity contribution in [1.82, 2.24) is 4.90 Å². The summed E-state index contributed by atoms with van der Waals surface area (Å²) in [4.78, 5) is 20.3. The summed E-state index contributed by atoms with van der Waals surface area (Å²) >= 11 is 1.44. The average Bonchev–Trinajstić information content (AvgIpc) is 3.07. The molecule has 1 aliphatic heterocycles. The molecule has 4 aromatic rings. The molecule has 3 nitrogen and oxygen atoms in total. The molecular weight excluding hydrogens is 400 g/mol. The first-order valence-corrected chi connectivity index (χ1v) is 11.2. The molecule has 152 valence electrons. The Balaban J connectivity index is 1.64. The number of carbonyl (C=O) groups is 1. The lowest BCUT2D eigenvalue weighted by molar-refractivity contribution is -0.121. The van der Waals surface area contributed by atoms with Crippen LogP contribution in [0.5, 0.6) is 0 Å². The van der Waals surface area contributed by atoms with Crippen molar-refractivity contribution < 1.29 is 4.79 Å². The lowest BCUT2D eigenvalue weighted by Gasteiger charge is -2.09. The largest absolute Gasteiger partial charge is 0.290 e. The maximum atomic E-state index is 13.1. The number of para-hydroxylation sites is 1. The Bertz CT molecular complexity index is 1330. The highest BCUT2D eigenvalue weighted by atomic mass is 32.2. The quantitative estimate of drug-likeness (QED) is 0.269. The number of fused-ring (bicyclic) bond motifs is 2. The second-order valence-electron chi connectivity index (χ2n) is 7.58. The van der Waals surface area contributed by atoms with Crippen LogP contribution in [0, 0.1) is 0 Å². The van der Waals surface area contributed by atoms with Crippen LogP contribution >= 0.6 is 11.8 Å². The summed E-state index contributed by atoms with van der Waals surface area (Å²) in [5.41, 5.74) is 3.17. The Hall–Kier alpha value is -3.37. The summed E-state index contributed by atoms with van der Waals surface area (Å²) in [6.45, 7) is 2.12. The Morgan fingerprint density at radius 1 is 0.903 bits per heavy atom. The predicted octanol–water partition coefficient (Wildman–Crippen LogP) is 6.79. The third-order valence-corrected chi connectivity index (χ3v) is 6.74. The highest BCUT2D eigenvalue weighted by Crippen LogP contribution is 2.37.